The number of aryl methyl sites for hydroxylation is 2. The van der Waals surface area contributed by atoms with Crippen molar-refractivity contribution in [3.8, 4) is 0 Å². The van der Waals surface area contributed by atoms with Gasteiger partial charge >= 0.3 is 0 Å². The Morgan fingerprint density at radius 2 is 2.21 bits per heavy atom. The van der Waals surface area contributed by atoms with Gasteiger partial charge in [-0.3, -0.25) is 9.36 Å². The third kappa shape index (κ3) is 5.04. The average molecular weight is 282 g/mol. The average Bonchev–Trinajstić information content (AvgIpc) is 3.04. The number of halogens is 1. The van der Waals surface area contributed by atoms with E-state index >= 15 is 0 Å². The molecule has 19 heavy (non-hydrogen) atoms. The highest BCUT2D eigenvalue weighted by Crippen LogP contribution is 2.04. The molecule has 0 aliphatic carbocycles. The highest BCUT2D eigenvalue weighted by molar-refractivity contribution is 6.30. The minimum absolute atomic E-state index is 0.491. The quantitative estimate of drug-likeness (QED) is 0.755. The molecule has 0 bridgehead atoms. The molecule has 0 saturated heterocycles. The molecule has 2 heterocycles. The number of hydrogen-bond acceptors (Lipinski definition) is 3. The summed E-state index contributed by atoms with van der Waals surface area (Å²) >= 11 is 5.81. The van der Waals surface area contributed by atoms with Crippen LogP contribution < -0.4 is 5.32 Å². The number of hydrogen-bond donors (Lipinski definition) is 1. The summed E-state index contributed by atoms with van der Waals surface area (Å²) in [5, 5.41) is 12.5. The minimum Gasteiger partial charge on any atom is -0.314 e. The van der Waals surface area contributed by atoms with Crippen LogP contribution >= 0.6 is 11.6 Å². The van der Waals surface area contributed by atoms with Crippen molar-refractivity contribution >= 4 is 11.6 Å². The van der Waals surface area contributed by atoms with Gasteiger partial charge in [-0.25, -0.2) is 0 Å². The van der Waals surface area contributed by atoms with E-state index in [1.807, 2.05) is 34.0 Å². The van der Waals surface area contributed by atoms with Crippen LogP contribution in [0.2, 0.25) is 5.02 Å². The van der Waals surface area contributed by atoms with E-state index in [0.717, 1.165) is 32.5 Å². The maximum atomic E-state index is 5.81. The van der Waals surface area contributed by atoms with Crippen molar-refractivity contribution in [1.82, 2.24) is 24.9 Å². The Morgan fingerprint density at radius 1 is 1.32 bits per heavy atom. The Hall–Kier alpha value is -1.33. The van der Waals surface area contributed by atoms with Crippen molar-refractivity contribution in [2.75, 3.05) is 6.54 Å². The molecule has 0 amide bonds. The largest absolute Gasteiger partial charge is 0.314 e. The third-order valence-corrected chi connectivity index (χ3v) is 3.20. The van der Waals surface area contributed by atoms with Gasteiger partial charge < -0.3 is 5.32 Å². The molecule has 0 saturated carbocycles. The Labute approximate surface area is 118 Å². The summed E-state index contributed by atoms with van der Waals surface area (Å²) in [6.45, 7) is 5.04. The van der Waals surface area contributed by atoms with E-state index in [0.29, 0.717) is 11.1 Å². The van der Waals surface area contributed by atoms with Crippen LogP contribution in [0.1, 0.15) is 19.8 Å². The fourth-order valence-electron chi connectivity index (χ4n) is 1.91. The first-order chi connectivity index (χ1) is 9.24. The van der Waals surface area contributed by atoms with Gasteiger partial charge in [-0.05, 0) is 32.4 Å². The lowest BCUT2D eigenvalue weighted by Crippen LogP contribution is -2.28. The molecule has 1 unspecified atom stereocenters. The highest BCUT2D eigenvalue weighted by Gasteiger charge is 2.02. The fourth-order valence-corrected chi connectivity index (χ4v) is 2.07. The molecule has 2 aromatic heterocycles. The van der Waals surface area contributed by atoms with Gasteiger partial charge in [0.2, 0.25) is 0 Å². The van der Waals surface area contributed by atoms with E-state index in [-0.39, 0.29) is 0 Å². The Morgan fingerprint density at radius 3 is 2.89 bits per heavy atom. The van der Waals surface area contributed by atoms with Crippen molar-refractivity contribution in [2.24, 2.45) is 0 Å². The normalized spacial score (nSPS) is 12.7. The first kappa shape index (κ1) is 14.1. The van der Waals surface area contributed by atoms with E-state index in [4.69, 9.17) is 11.6 Å². The second kappa shape index (κ2) is 7.31. The van der Waals surface area contributed by atoms with Crippen LogP contribution in [-0.2, 0) is 13.1 Å². The molecular formula is C13H20ClN5. The maximum Gasteiger partial charge on any atom is 0.0785 e. The molecule has 0 aliphatic heterocycles. The van der Waals surface area contributed by atoms with Crippen LogP contribution in [0, 0.1) is 0 Å². The van der Waals surface area contributed by atoms with Gasteiger partial charge in [0, 0.05) is 37.7 Å². The van der Waals surface area contributed by atoms with E-state index < -0.39 is 0 Å². The molecule has 0 aliphatic rings. The maximum absolute atomic E-state index is 5.81. The van der Waals surface area contributed by atoms with Gasteiger partial charge in [-0.15, -0.1) is 0 Å². The highest BCUT2D eigenvalue weighted by atomic mass is 35.5. The molecule has 0 radical (unpaired) electrons. The van der Waals surface area contributed by atoms with Crippen molar-refractivity contribution < 1.29 is 0 Å². The van der Waals surface area contributed by atoms with Crippen LogP contribution in [0.4, 0.5) is 0 Å². The van der Waals surface area contributed by atoms with Crippen LogP contribution in [0.15, 0.2) is 30.9 Å². The van der Waals surface area contributed by atoms with Crippen molar-refractivity contribution in [3.05, 3.63) is 35.9 Å². The van der Waals surface area contributed by atoms with Crippen molar-refractivity contribution in [1.29, 1.82) is 0 Å². The van der Waals surface area contributed by atoms with Crippen molar-refractivity contribution in [3.63, 3.8) is 0 Å². The van der Waals surface area contributed by atoms with E-state index in [9.17, 15) is 0 Å². The van der Waals surface area contributed by atoms with Crippen molar-refractivity contribution in [2.45, 2.75) is 38.9 Å². The van der Waals surface area contributed by atoms with Crippen LogP contribution in [0.5, 0.6) is 0 Å². The molecule has 0 spiro atoms. The van der Waals surface area contributed by atoms with Gasteiger partial charge in [0.25, 0.3) is 0 Å². The van der Waals surface area contributed by atoms with E-state index in [2.05, 4.69) is 22.4 Å². The summed E-state index contributed by atoms with van der Waals surface area (Å²) in [5.41, 5.74) is 0. The van der Waals surface area contributed by atoms with Gasteiger partial charge in [0.05, 0.1) is 11.2 Å². The summed E-state index contributed by atoms with van der Waals surface area (Å²) in [6, 6.07) is 2.44. The summed E-state index contributed by atoms with van der Waals surface area (Å²) in [7, 11) is 0. The lowest BCUT2D eigenvalue weighted by atomic mass is 10.2. The zero-order valence-corrected chi connectivity index (χ0v) is 11.9. The van der Waals surface area contributed by atoms with Gasteiger partial charge in [-0.1, -0.05) is 11.6 Å². The minimum atomic E-state index is 0.491. The molecule has 1 atom stereocenters. The second-order valence-corrected chi connectivity index (χ2v) is 5.12. The number of nitrogens with zero attached hydrogens (tertiary/aromatic N) is 4. The Kier molecular flexibility index (Phi) is 5.42. The zero-order valence-electron chi connectivity index (χ0n) is 11.2. The van der Waals surface area contributed by atoms with Crippen LogP contribution in [-0.4, -0.2) is 32.1 Å². The molecule has 0 aromatic carbocycles. The molecule has 0 fully saturated rings. The first-order valence-corrected chi connectivity index (χ1v) is 7.00. The summed E-state index contributed by atoms with van der Waals surface area (Å²) in [4.78, 5) is 0. The Bertz CT molecular complexity index is 465. The topological polar surface area (TPSA) is 47.7 Å². The standard InChI is InChI=1S/C13H20ClN5/c1-12(4-9-18-7-3-6-16-18)15-5-2-8-19-11-13(14)10-17-19/h3,6-7,10-12,15H,2,4-5,8-9H2,1H3. The lowest BCUT2D eigenvalue weighted by molar-refractivity contribution is 0.443. The molecule has 1 N–H and O–H groups in total. The number of nitrogens with one attached hydrogen (secondary N) is 1. The SMILES string of the molecule is CC(CCn1cccn1)NCCCn1cc(Cl)cn1. The fraction of sp³-hybridized carbons (Fsp3) is 0.538. The summed E-state index contributed by atoms with van der Waals surface area (Å²) in [5.74, 6) is 0. The lowest BCUT2D eigenvalue weighted by Gasteiger charge is -2.13. The van der Waals surface area contributed by atoms with E-state index in [1.54, 1.807) is 6.20 Å². The molecule has 2 aromatic rings. The Balaban J connectivity index is 1.55. The number of rotatable bonds is 8. The zero-order chi connectivity index (χ0) is 13.5. The smallest absolute Gasteiger partial charge is 0.0785 e. The molecule has 6 heteroatoms. The van der Waals surface area contributed by atoms with Gasteiger partial charge in [-0.2, -0.15) is 10.2 Å². The summed E-state index contributed by atoms with van der Waals surface area (Å²) in [6.07, 6.45) is 9.45. The second-order valence-electron chi connectivity index (χ2n) is 4.69. The van der Waals surface area contributed by atoms with Crippen LogP contribution in [0.25, 0.3) is 0 Å². The molecule has 5 nitrogen and oxygen atoms in total. The predicted molar refractivity (Wildman–Crippen MR) is 76.2 cm³/mol. The predicted octanol–water partition coefficient (Wildman–Crippen LogP) is 2.19. The molecule has 2 rings (SSSR count). The third-order valence-electron chi connectivity index (χ3n) is 3.01. The monoisotopic (exact) mass is 281 g/mol. The van der Waals surface area contributed by atoms with Gasteiger partial charge in [0.15, 0.2) is 0 Å². The number of aromatic nitrogens is 4. The van der Waals surface area contributed by atoms with E-state index in [1.165, 1.54) is 0 Å². The van der Waals surface area contributed by atoms with Gasteiger partial charge in [0.1, 0.15) is 0 Å². The molecular weight excluding hydrogens is 262 g/mol. The molecule has 104 valence electrons. The van der Waals surface area contributed by atoms with Crippen LogP contribution in [0.3, 0.4) is 0 Å². The summed E-state index contributed by atoms with van der Waals surface area (Å²) < 4.78 is 3.84. The first-order valence-electron chi connectivity index (χ1n) is 6.63.